The highest BCUT2D eigenvalue weighted by Crippen LogP contribution is 2.36. The minimum atomic E-state index is -4.70. The van der Waals surface area contributed by atoms with Crippen LogP contribution in [0.2, 0.25) is 5.02 Å². The molecule has 0 saturated carbocycles. The molecule has 5 nitrogen and oxygen atoms in total. The lowest BCUT2D eigenvalue weighted by molar-refractivity contribution is -0.137. The molecule has 1 aliphatic heterocycles. The van der Waals surface area contributed by atoms with E-state index in [0.717, 1.165) is 17.0 Å². The minimum Gasteiger partial charge on any atom is -0.324 e. The van der Waals surface area contributed by atoms with Gasteiger partial charge in [0.15, 0.2) is 0 Å². The van der Waals surface area contributed by atoms with Crippen molar-refractivity contribution >= 4 is 35.0 Å². The van der Waals surface area contributed by atoms with Crippen molar-refractivity contribution in [2.24, 2.45) is 5.92 Å². The molecule has 0 radical (unpaired) electrons. The Balaban J connectivity index is 1.94. The first kappa shape index (κ1) is 21.8. The maximum absolute atomic E-state index is 13.1. The summed E-state index contributed by atoms with van der Waals surface area (Å²) >= 11 is 5.62. The Bertz CT molecular complexity index is 988. The molecule has 3 amide bonds. The molecule has 1 aliphatic rings. The third kappa shape index (κ3) is 3.92. The zero-order valence-electron chi connectivity index (χ0n) is 16.1. The third-order valence-corrected chi connectivity index (χ3v) is 5.42. The van der Waals surface area contributed by atoms with E-state index in [9.17, 15) is 27.6 Å². The van der Waals surface area contributed by atoms with E-state index >= 15 is 0 Å². The van der Waals surface area contributed by atoms with Gasteiger partial charge in [0.05, 0.1) is 21.7 Å². The smallest absolute Gasteiger partial charge is 0.324 e. The van der Waals surface area contributed by atoms with Gasteiger partial charge in [-0.2, -0.15) is 13.2 Å². The van der Waals surface area contributed by atoms with Crippen molar-refractivity contribution in [1.29, 1.82) is 0 Å². The van der Waals surface area contributed by atoms with Crippen molar-refractivity contribution in [3.05, 3.63) is 64.2 Å². The molecule has 3 rings (SSSR count). The molecule has 2 unspecified atom stereocenters. The highest BCUT2D eigenvalue weighted by molar-refractivity contribution is 6.31. The number of carbonyl (C=O) groups is 3. The number of hydrogen-bond donors (Lipinski definition) is 1. The van der Waals surface area contributed by atoms with E-state index in [1.165, 1.54) is 18.2 Å². The second kappa shape index (κ2) is 8.10. The van der Waals surface area contributed by atoms with Gasteiger partial charge in [-0.15, -0.1) is 0 Å². The number of benzene rings is 2. The van der Waals surface area contributed by atoms with Crippen LogP contribution in [0.5, 0.6) is 0 Å². The molecular formula is C21H18ClF3N2O3. The van der Waals surface area contributed by atoms with Crippen molar-refractivity contribution in [3.63, 3.8) is 0 Å². The lowest BCUT2D eigenvalue weighted by atomic mass is 9.96. The predicted molar refractivity (Wildman–Crippen MR) is 105 cm³/mol. The second-order valence-electron chi connectivity index (χ2n) is 7.04. The largest absolute Gasteiger partial charge is 0.417 e. The topological polar surface area (TPSA) is 66.5 Å². The van der Waals surface area contributed by atoms with Crippen LogP contribution < -0.4 is 5.32 Å². The molecular weight excluding hydrogens is 421 g/mol. The number of imide groups is 1. The summed E-state index contributed by atoms with van der Waals surface area (Å²) in [6.45, 7) is 3.48. The van der Waals surface area contributed by atoms with Crippen LogP contribution in [-0.4, -0.2) is 28.7 Å². The Labute approximate surface area is 175 Å². The number of hydrogen-bond acceptors (Lipinski definition) is 3. The standard InChI is InChI=1S/C21H18ClF3N2O3/c1-3-11(2)17(27-19(29)13-6-4-5-7-14(13)20(27)30)18(28)26-12-8-9-16(22)15(10-12)21(23,24)25/h4-11,17H,3H2,1-2H3,(H,26,28). The van der Waals surface area contributed by atoms with Gasteiger partial charge in [0.25, 0.3) is 11.8 Å². The summed E-state index contributed by atoms with van der Waals surface area (Å²) in [6.07, 6.45) is -4.24. The van der Waals surface area contributed by atoms with Gasteiger partial charge in [0.2, 0.25) is 5.91 Å². The van der Waals surface area contributed by atoms with Crippen LogP contribution in [0, 0.1) is 5.92 Å². The van der Waals surface area contributed by atoms with E-state index in [2.05, 4.69) is 5.32 Å². The molecule has 0 saturated heterocycles. The van der Waals surface area contributed by atoms with Crippen LogP contribution in [-0.2, 0) is 11.0 Å². The molecule has 0 aliphatic carbocycles. The van der Waals surface area contributed by atoms with Gasteiger partial charge < -0.3 is 5.32 Å². The number of nitrogens with zero attached hydrogens (tertiary/aromatic N) is 1. The Morgan fingerprint density at radius 1 is 1.10 bits per heavy atom. The molecule has 0 spiro atoms. The van der Waals surface area contributed by atoms with Gasteiger partial charge in [0.1, 0.15) is 6.04 Å². The molecule has 0 bridgehead atoms. The normalized spacial score (nSPS) is 15.7. The zero-order chi connectivity index (χ0) is 22.2. The number of fused-ring (bicyclic) bond motifs is 1. The van der Waals surface area contributed by atoms with Gasteiger partial charge in [-0.1, -0.05) is 44.0 Å². The van der Waals surface area contributed by atoms with Crippen LogP contribution in [0.1, 0.15) is 46.5 Å². The number of halogens is 4. The summed E-state index contributed by atoms with van der Waals surface area (Å²) in [7, 11) is 0. The quantitative estimate of drug-likeness (QED) is 0.667. The van der Waals surface area contributed by atoms with Crippen LogP contribution >= 0.6 is 11.6 Å². The summed E-state index contributed by atoms with van der Waals surface area (Å²) < 4.78 is 39.3. The fourth-order valence-corrected chi connectivity index (χ4v) is 3.58. The second-order valence-corrected chi connectivity index (χ2v) is 7.45. The van der Waals surface area contributed by atoms with E-state index in [1.54, 1.807) is 26.0 Å². The first-order valence-corrected chi connectivity index (χ1v) is 9.58. The number of amides is 3. The number of nitrogens with one attached hydrogen (secondary N) is 1. The van der Waals surface area contributed by atoms with Gasteiger partial charge in [-0.3, -0.25) is 19.3 Å². The Hall–Kier alpha value is -2.87. The monoisotopic (exact) mass is 438 g/mol. The fraction of sp³-hybridized carbons (Fsp3) is 0.286. The van der Waals surface area contributed by atoms with Crippen LogP contribution in [0.4, 0.5) is 18.9 Å². The summed E-state index contributed by atoms with van der Waals surface area (Å²) in [6, 6.07) is 8.00. The molecule has 2 aromatic rings. The van der Waals surface area contributed by atoms with Gasteiger partial charge in [0, 0.05) is 5.69 Å². The fourth-order valence-electron chi connectivity index (χ4n) is 3.35. The van der Waals surface area contributed by atoms with Crippen molar-refractivity contribution in [1.82, 2.24) is 4.90 Å². The number of anilines is 1. The first-order valence-electron chi connectivity index (χ1n) is 9.20. The Morgan fingerprint density at radius 2 is 1.67 bits per heavy atom. The van der Waals surface area contributed by atoms with Gasteiger partial charge in [-0.25, -0.2) is 0 Å². The number of rotatable bonds is 5. The molecule has 2 aromatic carbocycles. The SMILES string of the molecule is CCC(C)C(C(=O)Nc1ccc(Cl)c(C(F)(F)F)c1)N1C(=O)c2ccccc2C1=O. The van der Waals surface area contributed by atoms with E-state index < -0.39 is 46.4 Å². The molecule has 9 heteroatoms. The van der Waals surface area contributed by atoms with E-state index in [1.807, 2.05) is 0 Å². The third-order valence-electron chi connectivity index (χ3n) is 5.09. The summed E-state index contributed by atoms with van der Waals surface area (Å²) in [4.78, 5) is 39.5. The molecule has 1 heterocycles. The van der Waals surface area contributed by atoms with Crippen LogP contribution in [0.15, 0.2) is 42.5 Å². The van der Waals surface area contributed by atoms with E-state index in [-0.39, 0.29) is 16.8 Å². The molecule has 0 aromatic heterocycles. The molecule has 30 heavy (non-hydrogen) atoms. The van der Waals surface area contributed by atoms with Crippen molar-refractivity contribution in [2.75, 3.05) is 5.32 Å². The lowest BCUT2D eigenvalue weighted by Crippen LogP contribution is -2.50. The van der Waals surface area contributed by atoms with Crippen molar-refractivity contribution < 1.29 is 27.6 Å². The Kier molecular flexibility index (Phi) is 5.90. The van der Waals surface area contributed by atoms with E-state index in [4.69, 9.17) is 11.6 Å². The number of carbonyl (C=O) groups excluding carboxylic acids is 3. The highest BCUT2D eigenvalue weighted by atomic mass is 35.5. The lowest BCUT2D eigenvalue weighted by Gasteiger charge is -2.29. The number of alkyl halides is 3. The average Bonchev–Trinajstić information content (AvgIpc) is 2.94. The molecule has 2 atom stereocenters. The van der Waals surface area contributed by atoms with Crippen LogP contribution in [0.3, 0.4) is 0 Å². The van der Waals surface area contributed by atoms with Crippen molar-refractivity contribution in [2.45, 2.75) is 32.5 Å². The molecule has 0 fully saturated rings. The predicted octanol–water partition coefficient (Wildman–Crippen LogP) is 5.01. The van der Waals surface area contributed by atoms with Crippen molar-refractivity contribution in [3.8, 4) is 0 Å². The van der Waals surface area contributed by atoms with Gasteiger partial charge >= 0.3 is 6.18 Å². The molecule has 1 N–H and O–H groups in total. The Morgan fingerprint density at radius 3 is 2.17 bits per heavy atom. The summed E-state index contributed by atoms with van der Waals surface area (Å²) in [5.41, 5.74) is -0.853. The highest BCUT2D eigenvalue weighted by Gasteiger charge is 2.44. The first-order chi connectivity index (χ1) is 14.1. The zero-order valence-corrected chi connectivity index (χ0v) is 16.8. The molecule has 158 valence electrons. The van der Waals surface area contributed by atoms with Gasteiger partial charge in [-0.05, 0) is 36.2 Å². The minimum absolute atomic E-state index is 0.137. The average molecular weight is 439 g/mol. The maximum atomic E-state index is 13.1. The maximum Gasteiger partial charge on any atom is 0.417 e. The van der Waals surface area contributed by atoms with Crippen LogP contribution in [0.25, 0.3) is 0 Å². The summed E-state index contributed by atoms with van der Waals surface area (Å²) in [5, 5.41) is 1.90. The van der Waals surface area contributed by atoms with E-state index in [0.29, 0.717) is 6.42 Å². The summed E-state index contributed by atoms with van der Waals surface area (Å²) in [5.74, 6) is -2.40.